The van der Waals surface area contributed by atoms with Crippen LogP contribution in [0.2, 0.25) is 0 Å². The highest BCUT2D eigenvalue weighted by molar-refractivity contribution is 8.76. The Morgan fingerprint density at radius 3 is 2.59 bits per heavy atom. The van der Waals surface area contributed by atoms with Crippen molar-refractivity contribution in [2.24, 2.45) is 5.41 Å². The number of hydrogen-bond acceptors (Lipinski definition) is 8. The van der Waals surface area contributed by atoms with E-state index in [1.807, 2.05) is 25.6 Å². The van der Waals surface area contributed by atoms with Crippen molar-refractivity contribution in [2.75, 3.05) is 38.9 Å². The van der Waals surface area contributed by atoms with Crippen LogP contribution in [0.5, 0.6) is 0 Å². The molecule has 126 valence electrons. The van der Waals surface area contributed by atoms with E-state index in [0.717, 1.165) is 5.75 Å². The summed E-state index contributed by atoms with van der Waals surface area (Å²) < 4.78 is 14.4. The summed E-state index contributed by atoms with van der Waals surface area (Å²) >= 11 is 0. The maximum Gasteiger partial charge on any atom is 0.508 e. The van der Waals surface area contributed by atoms with Gasteiger partial charge in [0.05, 0.1) is 0 Å². The van der Waals surface area contributed by atoms with Gasteiger partial charge >= 0.3 is 12.1 Å². The molecular weight excluding hydrogens is 326 g/mol. The van der Waals surface area contributed by atoms with E-state index in [9.17, 15) is 9.59 Å². The number of cyclic esters (lactones) is 2. The smallest absolute Gasteiger partial charge is 0.464 e. The number of nitrogens with one attached hydrogen (secondary N) is 1. The van der Waals surface area contributed by atoms with Crippen molar-refractivity contribution >= 4 is 33.7 Å². The average molecular weight is 349 g/mol. The largest absolute Gasteiger partial charge is 0.508 e. The van der Waals surface area contributed by atoms with Crippen LogP contribution in [-0.2, 0) is 19.0 Å². The van der Waals surface area contributed by atoms with Gasteiger partial charge < -0.3 is 19.5 Å². The van der Waals surface area contributed by atoms with Crippen molar-refractivity contribution in [1.29, 1.82) is 0 Å². The van der Waals surface area contributed by atoms with Crippen molar-refractivity contribution in [1.82, 2.24) is 5.32 Å². The zero-order valence-corrected chi connectivity index (χ0v) is 14.8. The van der Waals surface area contributed by atoms with Gasteiger partial charge in [-0.2, -0.15) is 0 Å². The molecule has 1 aliphatic heterocycles. The lowest BCUT2D eigenvalue weighted by Gasteiger charge is -2.29. The van der Waals surface area contributed by atoms with Crippen molar-refractivity contribution in [3.8, 4) is 0 Å². The summed E-state index contributed by atoms with van der Waals surface area (Å²) in [6.45, 7) is 5.51. The van der Waals surface area contributed by atoms with Gasteiger partial charge in [0.1, 0.15) is 25.2 Å². The lowest BCUT2D eigenvalue weighted by atomic mass is 9.93. The molecule has 1 aliphatic rings. The van der Waals surface area contributed by atoms with Gasteiger partial charge in [-0.25, -0.2) is 4.79 Å². The third-order valence-electron chi connectivity index (χ3n) is 2.43. The second kappa shape index (κ2) is 12.3. The molecule has 0 amide bonds. The highest BCUT2D eigenvalue weighted by atomic mass is 33.1. The Kier molecular flexibility index (Phi) is 11.6. The second-order valence-corrected chi connectivity index (χ2v) is 7.08. The predicted molar refractivity (Wildman–Crippen MR) is 90.7 cm³/mol. The van der Waals surface area contributed by atoms with Crippen LogP contribution in [-0.4, -0.2) is 51.0 Å². The molecule has 0 aromatic carbocycles. The number of esters is 1. The van der Waals surface area contributed by atoms with E-state index in [2.05, 4.69) is 21.4 Å². The van der Waals surface area contributed by atoms with Crippen LogP contribution >= 0.6 is 21.6 Å². The first-order chi connectivity index (χ1) is 10.5. The maximum absolute atomic E-state index is 11.7. The van der Waals surface area contributed by atoms with Gasteiger partial charge in [-0.3, -0.25) is 4.79 Å². The normalized spacial score (nSPS) is 15.9. The molecule has 1 rings (SSSR count). The molecule has 0 unspecified atom stereocenters. The fourth-order valence-electron chi connectivity index (χ4n) is 1.23. The van der Waals surface area contributed by atoms with Crippen molar-refractivity contribution in [3.63, 3.8) is 0 Å². The van der Waals surface area contributed by atoms with Crippen LogP contribution in [0.4, 0.5) is 4.79 Å². The van der Waals surface area contributed by atoms with Crippen LogP contribution in [0, 0.1) is 5.41 Å². The molecule has 0 spiro atoms. The predicted octanol–water partition coefficient (Wildman–Crippen LogP) is 2.62. The van der Waals surface area contributed by atoms with Gasteiger partial charge in [0.15, 0.2) is 0 Å². The minimum atomic E-state index is -0.877. The first kappa shape index (κ1) is 20.7. The van der Waals surface area contributed by atoms with E-state index < -0.39 is 11.6 Å². The quantitative estimate of drug-likeness (QED) is 0.325. The van der Waals surface area contributed by atoms with Gasteiger partial charge in [-0.1, -0.05) is 34.2 Å². The van der Waals surface area contributed by atoms with Crippen LogP contribution in [0.15, 0.2) is 24.9 Å². The number of hydrogen-bond donors (Lipinski definition) is 1. The van der Waals surface area contributed by atoms with E-state index in [-0.39, 0.29) is 19.2 Å². The van der Waals surface area contributed by atoms with Crippen LogP contribution in [0.3, 0.4) is 0 Å². The molecule has 0 aromatic heterocycles. The SMILES string of the molecule is C=C/C=C\NC.CSSCCOC(=O)C1(C)COC(=O)OC1. The van der Waals surface area contributed by atoms with Gasteiger partial charge in [0.25, 0.3) is 0 Å². The Morgan fingerprint density at radius 1 is 1.50 bits per heavy atom. The number of carbonyl (C=O) groups is 2. The molecule has 1 heterocycles. The fraction of sp³-hybridized carbons (Fsp3) is 0.571. The van der Waals surface area contributed by atoms with Crippen molar-refractivity contribution in [3.05, 3.63) is 24.9 Å². The van der Waals surface area contributed by atoms with E-state index in [0.29, 0.717) is 6.61 Å². The highest BCUT2D eigenvalue weighted by Gasteiger charge is 2.41. The van der Waals surface area contributed by atoms with E-state index >= 15 is 0 Å². The lowest BCUT2D eigenvalue weighted by Crippen LogP contribution is -2.44. The molecule has 0 aliphatic carbocycles. The van der Waals surface area contributed by atoms with Crippen molar-refractivity contribution in [2.45, 2.75) is 6.92 Å². The molecule has 0 atom stereocenters. The Morgan fingerprint density at radius 2 is 2.14 bits per heavy atom. The van der Waals surface area contributed by atoms with Crippen LogP contribution in [0.25, 0.3) is 0 Å². The highest BCUT2D eigenvalue weighted by Crippen LogP contribution is 2.24. The molecule has 1 N–H and O–H groups in total. The Hall–Kier alpha value is -1.28. The second-order valence-electron chi connectivity index (χ2n) is 4.40. The van der Waals surface area contributed by atoms with E-state index in [1.165, 1.54) is 0 Å². The molecule has 0 aromatic rings. The molecular formula is C14H23NO5S2. The topological polar surface area (TPSA) is 73.9 Å². The first-order valence-corrected chi connectivity index (χ1v) is 9.30. The summed E-state index contributed by atoms with van der Waals surface area (Å²) in [5, 5.41) is 2.82. The zero-order valence-electron chi connectivity index (χ0n) is 13.1. The third-order valence-corrected chi connectivity index (χ3v) is 4.20. The fourth-order valence-corrected chi connectivity index (χ4v) is 2.25. The van der Waals surface area contributed by atoms with Crippen LogP contribution in [0.1, 0.15) is 6.92 Å². The first-order valence-electron chi connectivity index (χ1n) is 6.57. The Balaban J connectivity index is 0.000000626. The average Bonchev–Trinajstić information content (AvgIpc) is 2.53. The molecule has 1 saturated heterocycles. The van der Waals surface area contributed by atoms with Crippen LogP contribution < -0.4 is 5.32 Å². The van der Waals surface area contributed by atoms with Gasteiger partial charge in [0.2, 0.25) is 0 Å². The summed E-state index contributed by atoms with van der Waals surface area (Å²) in [5.41, 5.74) is -0.877. The summed E-state index contributed by atoms with van der Waals surface area (Å²) in [6, 6.07) is 0. The summed E-state index contributed by atoms with van der Waals surface area (Å²) in [4.78, 5) is 22.4. The summed E-state index contributed by atoms with van der Waals surface area (Å²) in [5.74, 6) is 0.352. The Bertz CT molecular complexity index is 377. The van der Waals surface area contributed by atoms with E-state index in [4.69, 9.17) is 4.74 Å². The van der Waals surface area contributed by atoms with Gasteiger partial charge in [-0.15, -0.1) is 0 Å². The Labute approximate surface area is 139 Å². The maximum atomic E-state index is 11.7. The zero-order chi connectivity index (χ0) is 16.8. The monoisotopic (exact) mass is 349 g/mol. The molecule has 22 heavy (non-hydrogen) atoms. The number of carbonyl (C=O) groups excluding carboxylic acids is 2. The molecule has 1 fully saturated rings. The molecule has 0 bridgehead atoms. The molecule has 0 radical (unpaired) electrons. The van der Waals surface area contributed by atoms with E-state index in [1.54, 1.807) is 34.6 Å². The van der Waals surface area contributed by atoms with Crippen molar-refractivity contribution < 1.29 is 23.8 Å². The van der Waals surface area contributed by atoms with Gasteiger partial charge in [0, 0.05) is 12.8 Å². The van der Waals surface area contributed by atoms with Gasteiger partial charge in [-0.05, 0) is 25.5 Å². The molecule has 6 nitrogen and oxygen atoms in total. The summed E-state index contributed by atoms with van der Waals surface area (Å²) in [7, 11) is 5.09. The number of rotatable bonds is 7. The lowest BCUT2D eigenvalue weighted by molar-refractivity contribution is -0.165. The molecule has 0 saturated carbocycles. The number of ether oxygens (including phenoxy) is 3. The molecule has 8 heteroatoms. The number of allylic oxidation sites excluding steroid dienone is 2. The third kappa shape index (κ3) is 8.89. The standard InChI is InChI=1S/C9H14O5S2.C5H9N/c1-9(5-13-8(11)14-6-9)7(10)12-3-4-16-15-2;1-3-4-5-6-2/h3-6H2,1-2H3;3-6H,1H2,2H3/b;5-4-. The summed E-state index contributed by atoms with van der Waals surface area (Å²) in [6.07, 6.45) is 6.59. The minimum Gasteiger partial charge on any atom is -0.464 e. The minimum absolute atomic E-state index is 0.0142.